The number of carbonyl (C=O) groups excluding carboxylic acids is 2. The number of hydrogen-bond acceptors (Lipinski definition) is 3. The van der Waals surface area contributed by atoms with Crippen molar-refractivity contribution in [2.24, 2.45) is 0 Å². The van der Waals surface area contributed by atoms with Crippen LogP contribution in [0, 0.1) is 6.92 Å². The molecule has 0 bridgehead atoms. The molecule has 1 fully saturated rings. The minimum atomic E-state index is -0.446. The maximum absolute atomic E-state index is 12.5. The topological polar surface area (TPSA) is 67.2 Å². The predicted octanol–water partition coefficient (Wildman–Crippen LogP) is 1.49. The van der Waals surface area contributed by atoms with E-state index in [4.69, 9.17) is 11.6 Å². The van der Waals surface area contributed by atoms with E-state index in [2.05, 4.69) is 10.4 Å². The third kappa shape index (κ3) is 3.20. The summed E-state index contributed by atoms with van der Waals surface area (Å²) in [7, 11) is 0. The van der Waals surface area contributed by atoms with Crippen molar-refractivity contribution in [1.82, 2.24) is 20.0 Å². The summed E-state index contributed by atoms with van der Waals surface area (Å²) in [5, 5.41) is 7.72. The highest BCUT2D eigenvalue weighted by Crippen LogP contribution is 2.23. The average Bonchev–Trinajstić information content (AvgIpc) is 2.66. The number of nitrogens with zero attached hydrogens (tertiary/aromatic N) is 3. The van der Waals surface area contributed by atoms with E-state index in [0.29, 0.717) is 37.5 Å². The Morgan fingerprint density at radius 2 is 2.10 bits per heavy atom. The van der Waals surface area contributed by atoms with Gasteiger partial charge in [0.25, 0.3) is 0 Å². The molecule has 7 heteroatoms. The van der Waals surface area contributed by atoms with Crippen LogP contribution in [0.25, 0.3) is 0 Å². The van der Waals surface area contributed by atoms with Gasteiger partial charge in [0, 0.05) is 19.5 Å². The molecule has 1 atom stereocenters. The molecule has 0 aromatic carbocycles. The lowest BCUT2D eigenvalue weighted by molar-refractivity contribution is -0.134. The second-order valence-corrected chi connectivity index (χ2v) is 5.58. The summed E-state index contributed by atoms with van der Waals surface area (Å²) in [6.45, 7) is 7.21. The first-order valence-electron chi connectivity index (χ1n) is 7.27. The standard InChI is InChI=1S/C14H21ClN4O2/c1-4-10-14(21)18(7-6-12(20)16-10)8-11-13(15)9(3)17-19(11)5-2/h10H,4-8H2,1-3H3,(H,16,20). The Balaban J connectivity index is 2.25. The Kier molecular flexibility index (Phi) is 4.88. The van der Waals surface area contributed by atoms with E-state index < -0.39 is 6.04 Å². The van der Waals surface area contributed by atoms with E-state index in [-0.39, 0.29) is 11.8 Å². The molecule has 1 N–H and O–H groups in total. The van der Waals surface area contributed by atoms with E-state index >= 15 is 0 Å². The van der Waals surface area contributed by atoms with Crippen LogP contribution in [0.1, 0.15) is 38.1 Å². The van der Waals surface area contributed by atoms with E-state index in [1.165, 1.54) is 0 Å². The maximum Gasteiger partial charge on any atom is 0.245 e. The van der Waals surface area contributed by atoms with Crippen molar-refractivity contribution in [3.05, 3.63) is 16.4 Å². The molecule has 0 saturated carbocycles. The van der Waals surface area contributed by atoms with Crippen molar-refractivity contribution in [1.29, 1.82) is 0 Å². The summed E-state index contributed by atoms with van der Waals surface area (Å²) >= 11 is 6.30. The summed E-state index contributed by atoms with van der Waals surface area (Å²) in [5.41, 5.74) is 1.59. The Hall–Kier alpha value is -1.56. The molecule has 116 valence electrons. The Labute approximate surface area is 129 Å². The molecule has 0 spiro atoms. The molecule has 21 heavy (non-hydrogen) atoms. The van der Waals surface area contributed by atoms with Gasteiger partial charge in [0.1, 0.15) is 6.04 Å². The number of aromatic nitrogens is 2. The second-order valence-electron chi connectivity index (χ2n) is 5.20. The smallest absolute Gasteiger partial charge is 0.245 e. The molecule has 2 heterocycles. The molecule has 0 aliphatic carbocycles. The molecule has 1 aromatic heterocycles. The molecule has 1 saturated heterocycles. The van der Waals surface area contributed by atoms with Crippen LogP contribution < -0.4 is 5.32 Å². The van der Waals surface area contributed by atoms with Crippen LogP contribution in [-0.4, -0.2) is 39.1 Å². The Morgan fingerprint density at radius 1 is 1.38 bits per heavy atom. The third-order valence-electron chi connectivity index (χ3n) is 3.76. The lowest BCUT2D eigenvalue weighted by Gasteiger charge is -2.23. The van der Waals surface area contributed by atoms with E-state index in [9.17, 15) is 9.59 Å². The van der Waals surface area contributed by atoms with Gasteiger partial charge in [0.05, 0.1) is 23.0 Å². The van der Waals surface area contributed by atoms with Gasteiger partial charge >= 0.3 is 0 Å². The quantitative estimate of drug-likeness (QED) is 0.916. The van der Waals surface area contributed by atoms with Crippen molar-refractivity contribution in [2.45, 2.75) is 52.7 Å². The summed E-state index contributed by atoms with van der Waals surface area (Å²) in [6, 6.07) is -0.446. The minimum absolute atomic E-state index is 0.0547. The first-order valence-corrected chi connectivity index (χ1v) is 7.65. The van der Waals surface area contributed by atoms with Gasteiger partial charge in [0.15, 0.2) is 0 Å². The Morgan fingerprint density at radius 3 is 2.71 bits per heavy atom. The zero-order valence-corrected chi connectivity index (χ0v) is 13.4. The van der Waals surface area contributed by atoms with Crippen LogP contribution in [0.5, 0.6) is 0 Å². The van der Waals surface area contributed by atoms with Crippen LogP contribution in [0.4, 0.5) is 0 Å². The molecular weight excluding hydrogens is 292 g/mol. The molecule has 2 amide bonds. The summed E-state index contributed by atoms with van der Waals surface area (Å²) in [5.74, 6) is -0.134. The van der Waals surface area contributed by atoms with Gasteiger partial charge in [-0.25, -0.2) is 0 Å². The highest BCUT2D eigenvalue weighted by atomic mass is 35.5. The SMILES string of the molecule is CCC1NC(=O)CCN(Cc2c(Cl)c(C)nn2CC)C1=O. The first-order chi connectivity index (χ1) is 9.97. The van der Waals surface area contributed by atoms with E-state index in [0.717, 1.165) is 11.4 Å². The van der Waals surface area contributed by atoms with Crippen molar-refractivity contribution >= 4 is 23.4 Å². The summed E-state index contributed by atoms with van der Waals surface area (Å²) in [4.78, 5) is 25.8. The van der Waals surface area contributed by atoms with Gasteiger partial charge < -0.3 is 10.2 Å². The molecule has 1 aliphatic heterocycles. The van der Waals surface area contributed by atoms with Crippen molar-refractivity contribution in [3.8, 4) is 0 Å². The molecule has 0 radical (unpaired) electrons. The lowest BCUT2D eigenvalue weighted by Crippen LogP contribution is -2.44. The number of nitrogens with one attached hydrogen (secondary N) is 1. The zero-order valence-electron chi connectivity index (χ0n) is 12.6. The number of rotatable bonds is 4. The normalized spacial score (nSPS) is 19.6. The van der Waals surface area contributed by atoms with Crippen LogP contribution in [0.3, 0.4) is 0 Å². The third-order valence-corrected chi connectivity index (χ3v) is 4.25. The molecular formula is C14H21ClN4O2. The fraction of sp³-hybridized carbons (Fsp3) is 0.643. The number of aryl methyl sites for hydroxylation is 2. The fourth-order valence-corrected chi connectivity index (χ4v) is 2.72. The number of hydrogen-bond donors (Lipinski definition) is 1. The van der Waals surface area contributed by atoms with Crippen LogP contribution >= 0.6 is 11.6 Å². The van der Waals surface area contributed by atoms with Gasteiger partial charge in [-0.05, 0) is 20.3 Å². The fourth-order valence-electron chi connectivity index (χ4n) is 2.53. The van der Waals surface area contributed by atoms with E-state index in [1.807, 2.05) is 25.5 Å². The van der Waals surface area contributed by atoms with Gasteiger partial charge in [-0.3, -0.25) is 14.3 Å². The summed E-state index contributed by atoms with van der Waals surface area (Å²) in [6.07, 6.45) is 0.903. The predicted molar refractivity (Wildman–Crippen MR) is 79.9 cm³/mol. The van der Waals surface area contributed by atoms with Gasteiger partial charge in [0.2, 0.25) is 11.8 Å². The highest BCUT2D eigenvalue weighted by Gasteiger charge is 2.29. The molecule has 1 aromatic rings. The second kappa shape index (κ2) is 6.47. The molecule has 1 aliphatic rings. The molecule has 6 nitrogen and oxygen atoms in total. The Bertz CT molecular complexity index is 555. The average molecular weight is 313 g/mol. The summed E-state index contributed by atoms with van der Waals surface area (Å²) < 4.78 is 1.81. The number of halogens is 1. The maximum atomic E-state index is 12.5. The largest absolute Gasteiger partial charge is 0.344 e. The minimum Gasteiger partial charge on any atom is -0.344 e. The van der Waals surface area contributed by atoms with Gasteiger partial charge in [-0.15, -0.1) is 0 Å². The van der Waals surface area contributed by atoms with Crippen molar-refractivity contribution < 1.29 is 9.59 Å². The first kappa shape index (κ1) is 15.8. The lowest BCUT2D eigenvalue weighted by atomic mass is 10.2. The van der Waals surface area contributed by atoms with Gasteiger partial charge in [-0.1, -0.05) is 18.5 Å². The van der Waals surface area contributed by atoms with Crippen LogP contribution in [-0.2, 0) is 22.7 Å². The highest BCUT2D eigenvalue weighted by molar-refractivity contribution is 6.31. The number of amides is 2. The molecule has 2 rings (SSSR count). The van der Waals surface area contributed by atoms with Crippen LogP contribution in [0.15, 0.2) is 0 Å². The van der Waals surface area contributed by atoms with Crippen LogP contribution in [0.2, 0.25) is 5.02 Å². The van der Waals surface area contributed by atoms with Gasteiger partial charge in [-0.2, -0.15) is 5.10 Å². The monoisotopic (exact) mass is 312 g/mol. The van der Waals surface area contributed by atoms with Crippen molar-refractivity contribution in [2.75, 3.05) is 6.54 Å². The molecule has 1 unspecified atom stereocenters. The zero-order chi connectivity index (χ0) is 15.6. The van der Waals surface area contributed by atoms with Crippen molar-refractivity contribution in [3.63, 3.8) is 0 Å². The number of carbonyl (C=O) groups is 2. The van der Waals surface area contributed by atoms with E-state index in [1.54, 1.807) is 4.90 Å².